The molecule has 4 heteroatoms. The van der Waals surface area contributed by atoms with Crippen molar-refractivity contribution in [2.45, 2.75) is 52.2 Å². The summed E-state index contributed by atoms with van der Waals surface area (Å²) < 4.78 is 5.62. The van der Waals surface area contributed by atoms with Crippen LogP contribution in [-0.4, -0.2) is 11.1 Å². The Bertz CT molecular complexity index is 328. The summed E-state index contributed by atoms with van der Waals surface area (Å²) in [6, 6.07) is 2.16. The summed E-state index contributed by atoms with van der Waals surface area (Å²) in [6.07, 6.45) is 7.05. The van der Waals surface area contributed by atoms with Crippen molar-refractivity contribution in [2.24, 2.45) is 5.84 Å². The number of hydrazine groups is 1. The summed E-state index contributed by atoms with van der Waals surface area (Å²) in [4.78, 5) is 4.19. The number of pyridine rings is 1. The van der Waals surface area contributed by atoms with E-state index >= 15 is 0 Å². The van der Waals surface area contributed by atoms with E-state index in [-0.39, 0.29) is 12.1 Å². The Morgan fingerprint density at radius 1 is 1.41 bits per heavy atom. The van der Waals surface area contributed by atoms with Crippen LogP contribution in [-0.2, 0) is 0 Å². The van der Waals surface area contributed by atoms with E-state index in [0.29, 0.717) is 0 Å². The fourth-order valence-electron chi connectivity index (χ4n) is 1.72. The van der Waals surface area contributed by atoms with Crippen molar-refractivity contribution < 1.29 is 4.74 Å². The molecule has 1 heterocycles. The number of hydrogen-bond donors (Lipinski definition) is 2. The highest BCUT2D eigenvalue weighted by Crippen LogP contribution is 2.22. The standard InChI is InChI=1S/C13H23N3O/c1-4-5-6-13(16-14)11-7-12(9-15-8-11)17-10(2)3/h7-10,13,16H,4-6,14H2,1-3H3. The Balaban J connectivity index is 2.73. The number of aromatic nitrogens is 1. The van der Waals surface area contributed by atoms with Gasteiger partial charge in [-0.1, -0.05) is 19.8 Å². The number of unbranched alkanes of at least 4 members (excludes halogenated alkanes) is 1. The minimum atomic E-state index is 0.151. The molecule has 0 amide bonds. The fourth-order valence-corrected chi connectivity index (χ4v) is 1.72. The second-order valence-electron chi connectivity index (χ2n) is 4.48. The smallest absolute Gasteiger partial charge is 0.138 e. The molecule has 1 rings (SSSR count). The van der Waals surface area contributed by atoms with Gasteiger partial charge in [-0.25, -0.2) is 0 Å². The van der Waals surface area contributed by atoms with Gasteiger partial charge in [-0.2, -0.15) is 0 Å². The number of nitrogens with one attached hydrogen (secondary N) is 1. The zero-order chi connectivity index (χ0) is 12.7. The number of nitrogens with two attached hydrogens (primary N) is 1. The Morgan fingerprint density at radius 2 is 2.18 bits per heavy atom. The molecule has 17 heavy (non-hydrogen) atoms. The lowest BCUT2D eigenvalue weighted by Crippen LogP contribution is -2.28. The molecule has 0 fully saturated rings. The van der Waals surface area contributed by atoms with Crippen LogP contribution in [0, 0.1) is 0 Å². The van der Waals surface area contributed by atoms with E-state index in [0.717, 1.165) is 30.6 Å². The molecule has 1 unspecified atom stereocenters. The van der Waals surface area contributed by atoms with Gasteiger partial charge in [0.2, 0.25) is 0 Å². The van der Waals surface area contributed by atoms with Crippen LogP contribution in [0.5, 0.6) is 5.75 Å². The van der Waals surface area contributed by atoms with Crippen LogP contribution in [0.2, 0.25) is 0 Å². The van der Waals surface area contributed by atoms with Crippen LogP contribution in [0.3, 0.4) is 0 Å². The molecule has 96 valence electrons. The Kier molecular flexibility index (Phi) is 5.94. The van der Waals surface area contributed by atoms with Crippen molar-refractivity contribution in [1.82, 2.24) is 10.4 Å². The van der Waals surface area contributed by atoms with Crippen molar-refractivity contribution in [1.29, 1.82) is 0 Å². The van der Waals surface area contributed by atoms with Crippen molar-refractivity contribution in [3.05, 3.63) is 24.0 Å². The van der Waals surface area contributed by atoms with Gasteiger partial charge in [0.05, 0.1) is 12.3 Å². The van der Waals surface area contributed by atoms with E-state index in [2.05, 4.69) is 17.3 Å². The van der Waals surface area contributed by atoms with Crippen molar-refractivity contribution >= 4 is 0 Å². The minimum absolute atomic E-state index is 0.151. The number of ether oxygens (including phenoxy) is 1. The molecule has 1 aromatic rings. The highest BCUT2D eigenvalue weighted by Gasteiger charge is 2.10. The van der Waals surface area contributed by atoms with Gasteiger partial charge in [0.1, 0.15) is 5.75 Å². The first kappa shape index (κ1) is 13.9. The molecule has 0 bridgehead atoms. The van der Waals surface area contributed by atoms with Crippen molar-refractivity contribution in [3.8, 4) is 5.75 Å². The van der Waals surface area contributed by atoms with Gasteiger partial charge < -0.3 is 4.74 Å². The van der Waals surface area contributed by atoms with Gasteiger partial charge in [-0.15, -0.1) is 0 Å². The highest BCUT2D eigenvalue weighted by atomic mass is 16.5. The van der Waals surface area contributed by atoms with Crippen molar-refractivity contribution in [3.63, 3.8) is 0 Å². The first-order chi connectivity index (χ1) is 8.17. The minimum Gasteiger partial charge on any atom is -0.489 e. The van der Waals surface area contributed by atoms with Crippen LogP contribution in [0.4, 0.5) is 0 Å². The normalized spacial score (nSPS) is 12.8. The predicted octanol–water partition coefficient (Wildman–Crippen LogP) is 2.56. The first-order valence-corrected chi connectivity index (χ1v) is 6.25. The van der Waals surface area contributed by atoms with Gasteiger partial charge in [0.15, 0.2) is 0 Å². The van der Waals surface area contributed by atoms with Gasteiger partial charge in [-0.05, 0) is 31.9 Å². The average Bonchev–Trinajstić information content (AvgIpc) is 2.30. The predicted molar refractivity (Wildman–Crippen MR) is 69.6 cm³/mol. The lowest BCUT2D eigenvalue weighted by Gasteiger charge is -2.17. The quantitative estimate of drug-likeness (QED) is 0.565. The Hall–Kier alpha value is -1.13. The third-order valence-corrected chi connectivity index (χ3v) is 2.56. The molecule has 3 N–H and O–H groups in total. The third kappa shape index (κ3) is 4.71. The highest BCUT2D eigenvalue weighted by molar-refractivity contribution is 5.26. The number of rotatable bonds is 7. The van der Waals surface area contributed by atoms with Gasteiger partial charge in [-0.3, -0.25) is 16.3 Å². The Labute approximate surface area is 104 Å². The average molecular weight is 237 g/mol. The molecule has 1 aromatic heterocycles. The molecule has 0 radical (unpaired) electrons. The topological polar surface area (TPSA) is 60.2 Å². The second-order valence-corrected chi connectivity index (χ2v) is 4.48. The number of hydrogen-bond acceptors (Lipinski definition) is 4. The van der Waals surface area contributed by atoms with E-state index in [4.69, 9.17) is 10.6 Å². The maximum atomic E-state index is 5.62. The summed E-state index contributed by atoms with van der Waals surface area (Å²) >= 11 is 0. The molecule has 1 atom stereocenters. The largest absolute Gasteiger partial charge is 0.489 e. The Morgan fingerprint density at radius 3 is 2.76 bits per heavy atom. The van der Waals surface area contributed by atoms with E-state index in [1.165, 1.54) is 0 Å². The fraction of sp³-hybridized carbons (Fsp3) is 0.615. The summed E-state index contributed by atoms with van der Waals surface area (Å²) in [5.41, 5.74) is 3.92. The van der Waals surface area contributed by atoms with Crippen LogP contribution in [0.1, 0.15) is 51.6 Å². The van der Waals surface area contributed by atoms with Crippen molar-refractivity contribution in [2.75, 3.05) is 0 Å². The molecule has 0 saturated heterocycles. The van der Waals surface area contributed by atoms with Crippen LogP contribution in [0.25, 0.3) is 0 Å². The maximum absolute atomic E-state index is 5.62. The third-order valence-electron chi connectivity index (χ3n) is 2.56. The molecular weight excluding hydrogens is 214 g/mol. The lowest BCUT2D eigenvalue weighted by molar-refractivity contribution is 0.241. The van der Waals surface area contributed by atoms with E-state index < -0.39 is 0 Å². The molecule has 0 aliphatic rings. The first-order valence-electron chi connectivity index (χ1n) is 6.25. The lowest BCUT2D eigenvalue weighted by atomic mass is 10.0. The van der Waals surface area contributed by atoms with E-state index in [9.17, 15) is 0 Å². The molecular formula is C13H23N3O. The van der Waals surface area contributed by atoms with Crippen LogP contribution in [0.15, 0.2) is 18.5 Å². The summed E-state index contributed by atoms with van der Waals surface area (Å²) in [5, 5.41) is 0. The maximum Gasteiger partial charge on any atom is 0.138 e. The number of nitrogens with zero attached hydrogens (tertiary/aromatic N) is 1. The van der Waals surface area contributed by atoms with Gasteiger partial charge in [0.25, 0.3) is 0 Å². The molecule has 0 aromatic carbocycles. The van der Waals surface area contributed by atoms with E-state index in [1.54, 1.807) is 6.20 Å². The van der Waals surface area contributed by atoms with Crippen LogP contribution < -0.4 is 16.0 Å². The SMILES string of the molecule is CCCCC(NN)c1cncc(OC(C)C)c1. The molecule has 0 aliphatic carbocycles. The molecule has 0 aliphatic heterocycles. The zero-order valence-electron chi connectivity index (χ0n) is 10.9. The molecule has 0 saturated carbocycles. The summed E-state index contributed by atoms with van der Waals surface area (Å²) in [7, 11) is 0. The van der Waals surface area contributed by atoms with Gasteiger partial charge in [0, 0.05) is 12.2 Å². The van der Waals surface area contributed by atoms with Gasteiger partial charge >= 0.3 is 0 Å². The monoisotopic (exact) mass is 237 g/mol. The summed E-state index contributed by atoms with van der Waals surface area (Å²) in [6.45, 7) is 6.18. The zero-order valence-corrected chi connectivity index (χ0v) is 10.9. The van der Waals surface area contributed by atoms with E-state index in [1.807, 2.05) is 26.1 Å². The molecule has 4 nitrogen and oxygen atoms in total. The molecule has 0 spiro atoms. The van der Waals surface area contributed by atoms with Crippen LogP contribution >= 0.6 is 0 Å². The summed E-state index contributed by atoms with van der Waals surface area (Å²) in [5.74, 6) is 6.38. The second kappa shape index (κ2) is 7.25.